The molecule has 3 atom stereocenters. The predicted octanol–water partition coefficient (Wildman–Crippen LogP) is 4.20. The SMILES string of the molecule is CO[C@@H]1CN(C)C(=O)c2cc(NS(=O)(=O)c3ccc(C)cc3)ccc2OC[C@@H](C)N(Cc2ccccn2)C[C@H]1C. The fourth-order valence-electron chi connectivity index (χ4n) is 4.77. The summed E-state index contributed by atoms with van der Waals surface area (Å²) in [6.45, 7) is 8.16. The molecule has 1 aliphatic rings. The van der Waals surface area contributed by atoms with Gasteiger partial charge in [-0.3, -0.25) is 19.4 Å². The summed E-state index contributed by atoms with van der Waals surface area (Å²) in [5.41, 5.74) is 2.47. The lowest BCUT2D eigenvalue weighted by Gasteiger charge is -2.35. The summed E-state index contributed by atoms with van der Waals surface area (Å²) in [6.07, 6.45) is 1.58. The lowest BCUT2D eigenvalue weighted by Crippen LogP contribution is -2.46. The van der Waals surface area contributed by atoms with Crippen LogP contribution >= 0.6 is 0 Å². The van der Waals surface area contributed by atoms with Crippen LogP contribution in [-0.2, 0) is 21.3 Å². The average molecular weight is 567 g/mol. The maximum Gasteiger partial charge on any atom is 0.261 e. The molecule has 0 bridgehead atoms. The minimum atomic E-state index is -3.84. The van der Waals surface area contributed by atoms with Gasteiger partial charge in [-0.2, -0.15) is 0 Å². The predicted molar refractivity (Wildman–Crippen MR) is 155 cm³/mol. The molecule has 0 unspecified atom stereocenters. The molecule has 1 amide bonds. The summed E-state index contributed by atoms with van der Waals surface area (Å²) in [7, 11) is -0.466. The van der Waals surface area contributed by atoms with E-state index in [1.807, 2.05) is 25.1 Å². The molecule has 214 valence electrons. The lowest BCUT2D eigenvalue weighted by molar-refractivity contribution is 0.00901. The van der Waals surface area contributed by atoms with Crippen LogP contribution in [0.5, 0.6) is 5.75 Å². The van der Waals surface area contributed by atoms with Crippen LogP contribution in [0.3, 0.4) is 0 Å². The molecular formula is C30H38N4O5S. The number of nitrogens with zero attached hydrogens (tertiary/aromatic N) is 3. The van der Waals surface area contributed by atoms with E-state index in [0.717, 1.165) is 17.8 Å². The van der Waals surface area contributed by atoms with Gasteiger partial charge in [0.05, 0.1) is 22.3 Å². The Bertz CT molecular complexity index is 1400. The highest BCUT2D eigenvalue weighted by molar-refractivity contribution is 7.92. The normalized spacial score (nSPS) is 21.1. The van der Waals surface area contributed by atoms with Gasteiger partial charge in [-0.05, 0) is 62.2 Å². The van der Waals surface area contributed by atoms with Crippen molar-refractivity contribution in [3.63, 3.8) is 0 Å². The summed E-state index contributed by atoms with van der Waals surface area (Å²) in [6, 6.07) is 17.3. The Labute approximate surface area is 237 Å². The minimum Gasteiger partial charge on any atom is -0.491 e. The summed E-state index contributed by atoms with van der Waals surface area (Å²) >= 11 is 0. The van der Waals surface area contributed by atoms with Gasteiger partial charge in [0, 0.05) is 51.7 Å². The van der Waals surface area contributed by atoms with Gasteiger partial charge in [-0.25, -0.2) is 8.42 Å². The number of sulfonamides is 1. The average Bonchev–Trinajstić information content (AvgIpc) is 2.94. The third-order valence-electron chi connectivity index (χ3n) is 7.25. The van der Waals surface area contributed by atoms with E-state index in [0.29, 0.717) is 25.4 Å². The summed E-state index contributed by atoms with van der Waals surface area (Å²) < 4.78 is 40.7. The van der Waals surface area contributed by atoms with Gasteiger partial charge >= 0.3 is 0 Å². The number of hydrogen-bond donors (Lipinski definition) is 1. The molecule has 0 saturated heterocycles. The van der Waals surface area contributed by atoms with Crippen LogP contribution in [0, 0.1) is 12.8 Å². The number of carbonyl (C=O) groups excluding carboxylic acids is 1. The van der Waals surface area contributed by atoms with Gasteiger partial charge in [-0.1, -0.05) is 30.7 Å². The zero-order chi connectivity index (χ0) is 28.9. The summed E-state index contributed by atoms with van der Waals surface area (Å²) in [5.74, 6) is 0.222. The second-order valence-electron chi connectivity index (χ2n) is 10.5. The van der Waals surface area contributed by atoms with E-state index in [1.165, 1.54) is 6.07 Å². The fraction of sp³-hybridized carbons (Fsp3) is 0.400. The molecule has 1 aliphatic heterocycles. The largest absolute Gasteiger partial charge is 0.491 e. The van der Waals surface area contributed by atoms with Crippen molar-refractivity contribution in [2.45, 2.75) is 44.4 Å². The smallest absolute Gasteiger partial charge is 0.261 e. The second-order valence-corrected chi connectivity index (χ2v) is 12.2. The first-order valence-corrected chi connectivity index (χ1v) is 14.8. The molecule has 2 aromatic carbocycles. The first-order valence-electron chi connectivity index (χ1n) is 13.4. The Morgan fingerprint density at radius 3 is 2.50 bits per heavy atom. The van der Waals surface area contributed by atoms with Gasteiger partial charge in [-0.15, -0.1) is 0 Å². The highest BCUT2D eigenvalue weighted by Crippen LogP contribution is 2.28. The number of amides is 1. The second kappa shape index (κ2) is 12.8. The topological polar surface area (TPSA) is 101 Å². The number of hydrogen-bond acceptors (Lipinski definition) is 7. The summed E-state index contributed by atoms with van der Waals surface area (Å²) in [5, 5.41) is 0. The maximum atomic E-state index is 13.6. The Morgan fingerprint density at radius 2 is 1.82 bits per heavy atom. The van der Waals surface area contributed by atoms with Crippen molar-refractivity contribution in [2.75, 3.05) is 38.6 Å². The third kappa shape index (κ3) is 7.18. The number of aryl methyl sites for hydroxylation is 1. The quantitative estimate of drug-likeness (QED) is 0.477. The van der Waals surface area contributed by atoms with Crippen LogP contribution in [0.1, 0.15) is 35.5 Å². The number of pyridine rings is 1. The molecule has 4 rings (SSSR count). The highest BCUT2D eigenvalue weighted by Gasteiger charge is 2.29. The van der Waals surface area contributed by atoms with Gasteiger partial charge in [0.2, 0.25) is 0 Å². The number of ether oxygens (including phenoxy) is 2. The Morgan fingerprint density at radius 1 is 1.07 bits per heavy atom. The van der Waals surface area contributed by atoms with E-state index in [4.69, 9.17) is 9.47 Å². The molecular weight excluding hydrogens is 528 g/mol. The zero-order valence-electron chi connectivity index (χ0n) is 23.7. The van der Waals surface area contributed by atoms with Crippen LogP contribution < -0.4 is 9.46 Å². The molecule has 1 N–H and O–H groups in total. The van der Waals surface area contributed by atoms with Crippen LogP contribution in [-0.4, -0.2) is 75.1 Å². The van der Waals surface area contributed by atoms with E-state index in [-0.39, 0.29) is 40.1 Å². The highest BCUT2D eigenvalue weighted by atomic mass is 32.2. The van der Waals surface area contributed by atoms with E-state index >= 15 is 0 Å². The van der Waals surface area contributed by atoms with Crippen LogP contribution in [0.4, 0.5) is 5.69 Å². The van der Waals surface area contributed by atoms with E-state index < -0.39 is 10.0 Å². The van der Waals surface area contributed by atoms with E-state index in [2.05, 4.69) is 28.5 Å². The number of likely N-dealkylation sites (N-methyl/N-ethyl adjacent to an activating group) is 1. The van der Waals surface area contributed by atoms with Gasteiger partial charge in [0.25, 0.3) is 15.9 Å². The Hall–Kier alpha value is -3.47. The van der Waals surface area contributed by atoms with Crippen molar-refractivity contribution in [1.29, 1.82) is 0 Å². The summed E-state index contributed by atoms with van der Waals surface area (Å²) in [4.78, 5) is 22.2. The molecule has 3 aromatic rings. The molecule has 1 aromatic heterocycles. The Balaban J connectivity index is 1.65. The molecule has 9 nitrogen and oxygen atoms in total. The van der Waals surface area contributed by atoms with Gasteiger partial charge in [0.15, 0.2) is 0 Å². The standard InChI is InChI=1S/C30H38N4O5S/c1-21-9-12-26(13-10-21)40(36,37)32-24-11-14-28-27(16-24)30(35)33(4)19-29(38-5)22(2)17-34(23(3)20-39-28)18-25-8-6-7-15-31-25/h6-16,22-23,29,32H,17-20H2,1-5H3/t22-,23-,29-/m1/s1. The van der Waals surface area contributed by atoms with Crippen molar-refractivity contribution in [2.24, 2.45) is 5.92 Å². The molecule has 0 radical (unpaired) electrons. The molecule has 0 spiro atoms. The van der Waals surface area contributed by atoms with Crippen molar-refractivity contribution in [3.05, 3.63) is 83.7 Å². The number of benzene rings is 2. The van der Waals surface area contributed by atoms with E-state index in [1.54, 1.807) is 61.7 Å². The van der Waals surface area contributed by atoms with Crippen molar-refractivity contribution >= 4 is 21.6 Å². The zero-order valence-corrected chi connectivity index (χ0v) is 24.5. The molecule has 10 heteroatoms. The van der Waals surface area contributed by atoms with E-state index in [9.17, 15) is 13.2 Å². The molecule has 40 heavy (non-hydrogen) atoms. The number of fused-ring (bicyclic) bond motifs is 1. The monoisotopic (exact) mass is 566 g/mol. The van der Waals surface area contributed by atoms with Gasteiger partial charge < -0.3 is 14.4 Å². The number of aromatic nitrogens is 1. The number of anilines is 1. The lowest BCUT2D eigenvalue weighted by atomic mass is 10.0. The van der Waals surface area contributed by atoms with Crippen molar-refractivity contribution in [1.82, 2.24) is 14.8 Å². The van der Waals surface area contributed by atoms with Crippen molar-refractivity contribution < 1.29 is 22.7 Å². The van der Waals surface area contributed by atoms with Gasteiger partial charge in [0.1, 0.15) is 12.4 Å². The number of methoxy groups -OCH3 is 1. The van der Waals surface area contributed by atoms with Crippen LogP contribution in [0.15, 0.2) is 71.8 Å². The minimum absolute atomic E-state index is 0.00165. The van der Waals surface area contributed by atoms with Crippen molar-refractivity contribution in [3.8, 4) is 5.75 Å². The first-order chi connectivity index (χ1) is 19.1. The molecule has 0 aliphatic carbocycles. The molecule has 0 saturated carbocycles. The number of rotatable bonds is 6. The fourth-order valence-corrected chi connectivity index (χ4v) is 5.82. The Kier molecular flexibility index (Phi) is 9.44. The van der Waals surface area contributed by atoms with Crippen LogP contribution in [0.2, 0.25) is 0 Å². The molecule has 2 heterocycles. The molecule has 0 fully saturated rings. The van der Waals surface area contributed by atoms with Crippen LogP contribution in [0.25, 0.3) is 0 Å². The number of nitrogens with one attached hydrogen (secondary N) is 1. The maximum absolute atomic E-state index is 13.6. The third-order valence-corrected chi connectivity index (χ3v) is 8.65. The first kappa shape index (κ1) is 29.5. The number of carbonyl (C=O) groups is 1.